The van der Waals surface area contributed by atoms with E-state index < -0.39 is 0 Å². The minimum Gasteiger partial charge on any atom is -0.492 e. The van der Waals surface area contributed by atoms with Gasteiger partial charge < -0.3 is 9.47 Å². The molecular formula is C13H14N4O2. The van der Waals surface area contributed by atoms with Crippen LogP contribution in [0.5, 0.6) is 5.88 Å². The molecule has 2 heterocycles. The predicted octanol–water partition coefficient (Wildman–Crippen LogP) is 1.95. The minimum atomic E-state index is 0.385. The Kier molecular flexibility index (Phi) is 4.02. The summed E-state index contributed by atoms with van der Waals surface area (Å²) >= 11 is 0. The van der Waals surface area contributed by atoms with Gasteiger partial charge in [-0.3, -0.25) is 0 Å². The fourth-order valence-corrected chi connectivity index (χ4v) is 1.49. The molecule has 19 heavy (non-hydrogen) atoms. The second kappa shape index (κ2) is 5.90. The standard InChI is InChI=1S/C13H14N4O2/c1-4-19-9(2)11-12(13-14-6-5-7-15-13)16-8-10(17-11)18-3/h5-8H,2,4H2,1,3H3. The van der Waals surface area contributed by atoms with Crippen LogP contribution < -0.4 is 4.74 Å². The van der Waals surface area contributed by atoms with Gasteiger partial charge in [0.2, 0.25) is 5.88 Å². The van der Waals surface area contributed by atoms with Crippen LogP contribution >= 0.6 is 0 Å². The van der Waals surface area contributed by atoms with Crippen LogP contribution in [0.1, 0.15) is 12.6 Å². The van der Waals surface area contributed by atoms with Gasteiger partial charge in [0.1, 0.15) is 17.1 Å². The highest BCUT2D eigenvalue weighted by Gasteiger charge is 2.16. The van der Waals surface area contributed by atoms with Crippen molar-refractivity contribution in [1.29, 1.82) is 0 Å². The number of aromatic nitrogens is 4. The number of hydrogen-bond acceptors (Lipinski definition) is 6. The summed E-state index contributed by atoms with van der Waals surface area (Å²) in [5.41, 5.74) is 0.993. The molecule has 0 N–H and O–H groups in total. The topological polar surface area (TPSA) is 70.0 Å². The zero-order chi connectivity index (χ0) is 13.7. The lowest BCUT2D eigenvalue weighted by atomic mass is 10.2. The van der Waals surface area contributed by atoms with E-state index in [4.69, 9.17) is 9.47 Å². The van der Waals surface area contributed by atoms with Crippen LogP contribution in [0.4, 0.5) is 0 Å². The largest absolute Gasteiger partial charge is 0.492 e. The van der Waals surface area contributed by atoms with Crippen LogP contribution in [0.15, 0.2) is 31.2 Å². The van der Waals surface area contributed by atoms with Gasteiger partial charge in [-0.15, -0.1) is 0 Å². The molecule has 2 aromatic heterocycles. The van der Waals surface area contributed by atoms with Crippen molar-refractivity contribution in [2.75, 3.05) is 13.7 Å². The zero-order valence-corrected chi connectivity index (χ0v) is 10.8. The summed E-state index contributed by atoms with van der Waals surface area (Å²) in [7, 11) is 1.52. The van der Waals surface area contributed by atoms with Crippen LogP contribution in [-0.2, 0) is 4.74 Å². The summed E-state index contributed by atoms with van der Waals surface area (Å²) in [6.45, 7) is 6.21. The molecular weight excluding hydrogens is 244 g/mol. The Hall–Kier alpha value is -2.50. The van der Waals surface area contributed by atoms with E-state index in [0.29, 0.717) is 35.5 Å². The SMILES string of the molecule is C=C(OCC)c1nc(OC)cnc1-c1ncccn1. The Balaban J connectivity index is 2.51. The molecule has 2 aromatic rings. The van der Waals surface area contributed by atoms with Crippen LogP contribution in [-0.4, -0.2) is 33.7 Å². The summed E-state index contributed by atoms with van der Waals surface area (Å²) < 4.78 is 10.4. The lowest BCUT2D eigenvalue weighted by Gasteiger charge is -2.10. The second-order valence-electron chi connectivity index (χ2n) is 3.54. The van der Waals surface area contributed by atoms with E-state index in [2.05, 4.69) is 26.5 Å². The molecule has 0 aliphatic rings. The molecule has 98 valence electrons. The quantitative estimate of drug-likeness (QED) is 0.763. The van der Waals surface area contributed by atoms with Gasteiger partial charge in [-0.2, -0.15) is 0 Å². The summed E-state index contributed by atoms with van der Waals surface area (Å²) in [5, 5.41) is 0. The van der Waals surface area contributed by atoms with E-state index in [1.807, 2.05) is 6.92 Å². The van der Waals surface area contributed by atoms with Gasteiger partial charge in [0.05, 0.1) is 19.9 Å². The lowest BCUT2D eigenvalue weighted by molar-refractivity contribution is 0.297. The van der Waals surface area contributed by atoms with E-state index in [0.717, 1.165) is 0 Å². The second-order valence-corrected chi connectivity index (χ2v) is 3.54. The molecule has 2 rings (SSSR count). The highest BCUT2D eigenvalue weighted by atomic mass is 16.5. The Morgan fingerprint density at radius 1 is 1.26 bits per heavy atom. The maximum absolute atomic E-state index is 5.38. The van der Waals surface area contributed by atoms with Crippen LogP contribution in [0, 0.1) is 0 Å². The molecule has 0 atom stereocenters. The molecule has 0 amide bonds. The first-order valence-corrected chi connectivity index (χ1v) is 5.76. The molecule has 6 heteroatoms. The number of rotatable bonds is 5. The minimum absolute atomic E-state index is 0.385. The molecule has 0 saturated carbocycles. The first kappa shape index (κ1) is 12.9. The van der Waals surface area contributed by atoms with Crippen LogP contribution in [0.25, 0.3) is 17.3 Å². The molecule has 0 fully saturated rings. The molecule has 0 aliphatic heterocycles. The summed E-state index contributed by atoms with van der Waals surface area (Å²) in [6.07, 6.45) is 4.79. The highest BCUT2D eigenvalue weighted by molar-refractivity contribution is 5.69. The van der Waals surface area contributed by atoms with Crippen LogP contribution in [0.2, 0.25) is 0 Å². The maximum Gasteiger partial charge on any atom is 0.232 e. The first-order valence-electron chi connectivity index (χ1n) is 5.76. The van der Waals surface area contributed by atoms with Gasteiger partial charge in [-0.05, 0) is 13.0 Å². The zero-order valence-electron chi connectivity index (χ0n) is 10.8. The van der Waals surface area contributed by atoms with Crippen molar-refractivity contribution >= 4 is 5.76 Å². The number of nitrogens with zero attached hydrogens (tertiary/aromatic N) is 4. The molecule has 0 unspecified atom stereocenters. The fourth-order valence-electron chi connectivity index (χ4n) is 1.49. The summed E-state index contributed by atoms with van der Waals surface area (Å²) in [6, 6.07) is 1.73. The lowest BCUT2D eigenvalue weighted by Crippen LogP contribution is -2.03. The van der Waals surface area contributed by atoms with Crippen LogP contribution in [0.3, 0.4) is 0 Å². The molecule has 0 radical (unpaired) electrons. The Bertz CT molecular complexity index is 572. The molecule has 0 saturated heterocycles. The van der Waals surface area contributed by atoms with Crippen molar-refractivity contribution in [1.82, 2.24) is 19.9 Å². The summed E-state index contributed by atoms with van der Waals surface area (Å²) in [5.74, 6) is 1.26. The van der Waals surface area contributed by atoms with Crippen molar-refractivity contribution in [2.45, 2.75) is 6.92 Å². The van der Waals surface area contributed by atoms with Gasteiger partial charge in [-0.1, -0.05) is 6.58 Å². The number of methoxy groups -OCH3 is 1. The maximum atomic E-state index is 5.38. The average Bonchev–Trinajstić information content (AvgIpc) is 2.47. The van der Waals surface area contributed by atoms with Gasteiger partial charge in [0.25, 0.3) is 0 Å². The van der Waals surface area contributed by atoms with Gasteiger partial charge in [0, 0.05) is 12.4 Å². The van der Waals surface area contributed by atoms with E-state index in [9.17, 15) is 0 Å². The van der Waals surface area contributed by atoms with E-state index in [1.54, 1.807) is 18.5 Å². The average molecular weight is 258 g/mol. The Morgan fingerprint density at radius 2 is 2.00 bits per heavy atom. The third-order valence-electron chi connectivity index (χ3n) is 2.32. The van der Waals surface area contributed by atoms with E-state index >= 15 is 0 Å². The van der Waals surface area contributed by atoms with Crippen molar-refractivity contribution in [2.24, 2.45) is 0 Å². The highest BCUT2D eigenvalue weighted by Crippen LogP contribution is 2.24. The van der Waals surface area contributed by atoms with Crippen molar-refractivity contribution in [3.63, 3.8) is 0 Å². The fraction of sp³-hybridized carbons (Fsp3) is 0.231. The van der Waals surface area contributed by atoms with Gasteiger partial charge in [0.15, 0.2) is 5.82 Å². The van der Waals surface area contributed by atoms with Crippen molar-refractivity contribution in [3.8, 4) is 17.4 Å². The molecule has 0 aromatic carbocycles. The molecule has 0 spiro atoms. The van der Waals surface area contributed by atoms with Gasteiger partial charge in [-0.25, -0.2) is 19.9 Å². The molecule has 0 bridgehead atoms. The molecule has 0 aliphatic carbocycles. The number of ether oxygens (including phenoxy) is 2. The Labute approximate surface area is 111 Å². The first-order chi connectivity index (χ1) is 9.26. The number of hydrogen-bond donors (Lipinski definition) is 0. The molecule has 6 nitrogen and oxygen atoms in total. The predicted molar refractivity (Wildman–Crippen MR) is 70.3 cm³/mol. The monoisotopic (exact) mass is 258 g/mol. The third kappa shape index (κ3) is 2.85. The Morgan fingerprint density at radius 3 is 2.63 bits per heavy atom. The van der Waals surface area contributed by atoms with Crippen molar-refractivity contribution in [3.05, 3.63) is 36.9 Å². The third-order valence-corrected chi connectivity index (χ3v) is 2.32. The van der Waals surface area contributed by atoms with Gasteiger partial charge >= 0.3 is 0 Å². The summed E-state index contributed by atoms with van der Waals surface area (Å²) in [4.78, 5) is 16.9. The normalized spacial score (nSPS) is 10.0. The van der Waals surface area contributed by atoms with Crippen molar-refractivity contribution < 1.29 is 9.47 Å². The van der Waals surface area contributed by atoms with E-state index in [-0.39, 0.29) is 0 Å². The smallest absolute Gasteiger partial charge is 0.232 e. The van der Waals surface area contributed by atoms with E-state index in [1.165, 1.54) is 13.3 Å².